The quantitative estimate of drug-likeness (QED) is 0.791. The number of aromatic nitrogens is 3. The second kappa shape index (κ2) is 4.86. The summed E-state index contributed by atoms with van der Waals surface area (Å²) in [6, 6.07) is 0.0356. The first-order valence-electron chi connectivity index (χ1n) is 5.49. The van der Waals surface area contributed by atoms with Crippen molar-refractivity contribution >= 4 is 11.8 Å². The minimum Gasteiger partial charge on any atom is -0.286 e. The summed E-state index contributed by atoms with van der Waals surface area (Å²) >= 11 is 1.27. The summed E-state index contributed by atoms with van der Waals surface area (Å²) in [6.45, 7) is 0. The van der Waals surface area contributed by atoms with Crippen LogP contribution >= 0.6 is 11.8 Å². The van der Waals surface area contributed by atoms with Crippen molar-refractivity contribution in [1.29, 1.82) is 0 Å². The van der Waals surface area contributed by atoms with E-state index in [0.29, 0.717) is 5.16 Å². The summed E-state index contributed by atoms with van der Waals surface area (Å²) in [6.07, 6.45) is 6.95. The first-order chi connectivity index (χ1) is 7.72. The molecule has 0 radical (unpaired) electrons. The van der Waals surface area contributed by atoms with E-state index < -0.39 is 5.69 Å². The fourth-order valence-electron chi connectivity index (χ4n) is 2.17. The monoisotopic (exact) mass is 243 g/mol. The highest BCUT2D eigenvalue weighted by atomic mass is 32.2. The van der Waals surface area contributed by atoms with Gasteiger partial charge < -0.3 is 0 Å². The zero-order chi connectivity index (χ0) is 11.5. The Morgan fingerprint density at radius 3 is 2.62 bits per heavy atom. The van der Waals surface area contributed by atoms with Crippen LogP contribution in [-0.2, 0) is 0 Å². The smallest absolute Gasteiger partial charge is 0.286 e. The van der Waals surface area contributed by atoms with E-state index in [1.807, 2.05) is 0 Å². The van der Waals surface area contributed by atoms with E-state index in [1.54, 1.807) is 6.26 Å². The fraction of sp³-hybridized carbons (Fsp3) is 0.700. The minimum absolute atomic E-state index is 0.0356. The highest BCUT2D eigenvalue weighted by Crippen LogP contribution is 2.25. The summed E-state index contributed by atoms with van der Waals surface area (Å²) in [5.74, 6) is 0. The van der Waals surface area contributed by atoms with Crippen molar-refractivity contribution in [1.82, 2.24) is 14.5 Å². The maximum absolute atomic E-state index is 11.8. The maximum atomic E-state index is 11.8. The van der Waals surface area contributed by atoms with Crippen molar-refractivity contribution in [2.24, 2.45) is 0 Å². The number of H-pyrrole nitrogens is 1. The number of nitrogens with zero attached hydrogens (tertiary/aromatic N) is 2. The first-order valence-corrected chi connectivity index (χ1v) is 6.71. The molecule has 16 heavy (non-hydrogen) atoms. The van der Waals surface area contributed by atoms with E-state index in [-0.39, 0.29) is 11.7 Å². The van der Waals surface area contributed by atoms with Crippen LogP contribution in [0.2, 0.25) is 0 Å². The van der Waals surface area contributed by atoms with Gasteiger partial charge in [0.05, 0.1) is 0 Å². The third-order valence-electron chi connectivity index (χ3n) is 2.97. The van der Waals surface area contributed by atoms with Crippen molar-refractivity contribution in [2.45, 2.75) is 43.3 Å². The molecule has 1 heterocycles. The van der Waals surface area contributed by atoms with E-state index >= 15 is 0 Å². The average molecular weight is 243 g/mol. The van der Waals surface area contributed by atoms with Crippen molar-refractivity contribution in [2.75, 3.05) is 6.26 Å². The molecule has 1 saturated carbocycles. The van der Waals surface area contributed by atoms with Crippen molar-refractivity contribution in [3.05, 3.63) is 21.0 Å². The summed E-state index contributed by atoms with van der Waals surface area (Å²) in [5, 5.41) is 0.391. The van der Waals surface area contributed by atoms with Crippen LogP contribution in [0.5, 0.6) is 0 Å². The Hall–Kier alpha value is -1.04. The molecule has 1 aromatic rings. The molecular formula is C10H15N3O2S. The van der Waals surface area contributed by atoms with E-state index in [1.165, 1.54) is 22.7 Å². The van der Waals surface area contributed by atoms with Gasteiger partial charge in [0, 0.05) is 6.04 Å². The summed E-state index contributed by atoms with van der Waals surface area (Å²) in [5.41, 5.74) is -0.740. The average Bonchev–Trinajstić information content (AvgIpc) is 2.29. The van der Waals surface area contributed by atoms with Crippen molar-refractivity contribution < 1.29 is 0 Å². The Kier molecular flexibility index (Phi) is 3.48. The van der Waals surface area contributed by atoms with Gasteiger partial charge in [0.15, 0.2) is 5.16 Å². The predicted octanol–water partition coefficient (Wildman–Crippen LogP) is 1.16. The lowest BCUT2D eigenvalue weighted by molar-refractivity contribution is 0.328. The normalized spacial score (nSPS) is 17.6. The Labute approximate surface area is 97.3 Å². The molecule has 2 rings (SSSR count). The molecule has 1 aliphatic rings. The Bertz CT molecular complexity index is 442. The second-order valence-corrected chi connectivity index (χ2v) is 4.79. The number of thioether (sulfide) groups is 1. The third kappa shape index (κ3) is 2.21. The molecule has 0 aromatic carbocycles. The summed E-state index contributed by atoms with van der Waals surface area (Å²) < 4.78 is 1.28. The molecule has 0 unspecified atom stereocenters. The van der Waals surface area contributed by atoms with E-state index in [0.717, 1.165) is 25.7 Å². The zero-order valence-electron chi connectivity index (χ0n) is 9.23. The van der Waals surface area contributed by atoms with Crippen LogP contribution in [-0.4, -0.2) is 20.8 Å². The lowest BCUT2D eigenvalue weighted by Gasteiger charge is -2.22. The molecule has 88 valence electrons. The van der Waals surface area contributed by atoms with Gasteiger partial charge in [-0.15, -0.1) is 0 Å². The molecule has 0 aliphatic heterocycles. The molecule has 6 heteroatoms. The lowest BCUT2D eigenvalue weighted by Crippen LogP contribution is -2.40. The Morgan fingerprint density at radius 1 is 1.38 bits per heavy atom. The molecule has 5 nitrogen and oxygen atoms in total. The predicted molar refractivity (Wildman–Crippen MR) is 63.0 cm³/mol. The van der Waals surface area contributed by atoms with Gasteiger partial charge in [0.1, 0.15) is 0 Å². The van der Waals surface area contributed by atoms with Crippen LogP contribution in [0, 0.1) is 0 Å². The van der Waals surface area contributed by atoms with E-state index in [9.17, 15) is 9.59 Å². The van der Waals surface area contributed by atoms with Crippen LogP contribution < -0.4 is 11.4 Å². The number of nitrogens with one attached hydrogen (secondary N) is 1. The molecule has 0 saturated heterocycles. The zero-order valence-corrected chi connectivity index (χ0v) is 10.0. The maximum Gasteiger partial charge on any atom is 0.354 e. The summed E-state index contributed by atoms with van der Waals surface area (Å²) in [4.78, 5) is 30.0. The molecule has 1 N–H and O–H groups in total. The number of hydrogen-bond acceptors (Lipinski definition) is 4. The number of rotatable bonds is 2. The van der Waals surface area contributed by atoms with E-state index in [2.05, 4.69) is 9.97 Å². The number of aromatic amines is 1. The molecule has 0 spiro atoms. The molecule has 0 atom stereocenters. The Balaban J connectivity index is 2.40. The van der Waals surface area contributed by atoms with Gasteiger partial charge >= 0.3 is 11.4 Å². The molecule has 1 aliphatic carbocycles. The second-order valence-electron chi connectivity index (χ2n) is 4.00. The van der Waals surface area contributed by atoms with Gasteiger partial charge in [-0.1, -0.05) is 31.0 Å². The van der Waals surface area contributed by atoms with Gasteiger partial charge in [-0.05, 0) is 19.1 Å². The molecular weight excluding hydrogens is 228 g/mol. The van der Waals surface area contributed by atoms with Gasteiger partial charge in [-0.2, -0.15) is 4.98 Å². The van der Waals surface area contributed by atoms with Crippen LogP contribution in [0.1, 0.15) is 38.1 Å². The largest absolute Gasteiger partial charge is 0.354 e. The summed E-state index contributed by atoms with van der Waals surface area (Å²) in [7, 11) is 0. The van der Waals surface area contributed by atoms with Crippen LogP contribution in [0.15, 0.2) is 14.7 Å². The van der Waals surface area contributed by atoms with Crippen molar-refractivity contribution in [3.63, 3.8) is 0 Å². The minimum atomic E-state index is -0.417. The van der Waals surface area contributed by atoms with Crippen molar-refractivity contribution in [3.8, 4) is 0 Å². The van der Waals surface area contributed by atoms with Gasteiger partial charge in [-0.3, -0.25) is 4.98 Å². The fourth-order valence-corrected chi connectivity index (χ4v) is 2.52. The first kappa shape index (κ1) is 11.4. The SMILES string of the molecule is CS[14c]1nc(=O)n(C2CCCCC2)c(=O)[nH]1. The van der Waals surface area contributed by atoms with Crippen LogP contribution in [0.3, 0.4) is 0 Å². The number of hydrogen-bond donors (Lipinski definition) is 1. The molecule has 0 amide bonds. The standard InChI is InChI=1S/C10H15N3O2S/c1-16-8-11-9(14)13(10(15)12-8)7-5-3-2-4-6-7/h7H,2-6H2,1H3,(H,11,12,14,15)/i8+2. The Morgan fingerprint density at radius 2 is 2.06 bits per heavy atom. The molecule has 0 bridgehead atoms. The van der Waals surface area contributed by atoms with Gasteiger partial charge in [-0.25, -0.2) is 14.2 Å². The highest BCUT2D eigenvalue weighted by Gasteiger charge is 2.19. The topological polar surface area (TPSA) is 67.8 Å². The van der Waals surface area contributed by atoms with E-state index in [4.69, 9.17) is 0 Å². The van der Waals surface area contributed by atoms with Crippen LogP contribution in [0.25, 0.3) is 0 Å². The van der Waals surface area contributed by atoms with Gasteiger partial charge in [0.2, 0.25) is 0 Å². The molecule has 1 aromatic heterocycles. The molecule has 1 fully saturated rings. The lowest BCUT2D eigenvalue weighted by atomic mass is 9.95. The third-order valence-corrected chi connectivity index (χ3v) is 3.55. The highest BCUT2D eigenvalue weighted by molar-refractivity contribution is 7.98. The van der Waals surface area contributed by atoms with Gasteiger partial charge in [0.25, 0.3) is 0 Å². The van der Waals surface area contributed by atoms with Crippen LogP contribution in [0.4, 0.5) is 0 Å².